The smallest absolute Gasteiger partial charge is 0.744 e. The van der Waals surface area contributed by atoms with Crippen LogP contribution in [0.1, 0.15) is 5.56 Å². The summed E-state index contributed by atoms with van der Waals surface area (Å²) in [5.74, 6) is -0.218. The Bertz CT molecular complexity index is 379. The molecular weight excluding hydrogens is 219 g/mol. The fourth-order valence-corrected chi connectivity index (χ4v) is 1.47. The summed E-state index contributed by atoms with van der Waals surface area (Å²) in [5.41, 5.74) is 0.532. The average molecular weight is 226 g/mol. The van der Waals surface area contributed by atoms with Gasteiger partial charge in [0.1, 0.15) is 15.9 Å². The Kier molecular flexibility index (Phi) is 5.09. The molecular formula is C7H7KO4S. The number of aromatic hydroxyl groups is 1. The first kappa shape index (κ1) is 13.6. The van der Waals surface area contributed by atoms with E-state index >= 15 is 0 Å². The van der Waals surface area contributed by atoms with Gasteiger partial charge in [-0.1, -0.05) is 0 Å². The van der Waals surface area contributed by atoms with Gasteiger partial charge in [0.05, 0.1) is 4.90 Å². The van der Waals surface area contributed by atoms with Gasteiger partial charge in [-0.2, -0.15) is 0 Å². The van der Waals surface area contributed by atoms with Gasteiger partial charge in [0, 0.05) is 0 Å². The monoisotopic (exact) mass is 226 g/mol. The van der Waals surface area contributed by atoms with Crippen molar-refractivity contribution in [1.29, 1.82) is 0 Å². The molecule has 0 heterocycles. The summed E-state index contributed by atoms with van der Waals surface area (Å²) >= 11 is 0. The Labute approximate surface area is 119 Å². The summed E-state index contributed by atoms with van der Waals surface area (Å²) in [5, 5.41) is 8.95. The second-order valence-electron chi connectivity index (χ2n) is 2.46. The van der Waals surface area contributed by atoms with Crippen LogP contribution in [0.25, 0.3) is 0 Å². The van der Waals surface area contributed by atoms with Gasteiger partial charge in [0.15, 0.2) is 0 Å². The van der Waals surface area contributed by atoms with E-state index < -0.39 is 15.0 Å². The molecule has 0 aliphatic carbocycles. The Hall–Kier alpha value is 0.566. The van der Waals surface area contributed by atoms with Gasteiger partial charge in [-0.15, -0.1) is 0 Å². The van der Waals surface area contributed by atoms with E-state index in [0.717, 1.165) is 6.07 Å². The zero-order valence-electron chi connectivity index (χ0n) is 7.31. The van der Waals surface area contributed by atoms with Gasteiger partial charge >= 0.3 is 51.4 Å². The van der Waals surface area contributed by atoms with Gasteiger partial charge in [-0.05, 0) is 30.7 Å². The van der Waals surface area contributed by atoms with Crippen molar-refractivity contribution >= 4 is 10.1 Å². The van der Waals surface area contributed by atoms with Crippen molar-refractivity contribution in [2.24, 2.45) is 0 Å². The summed E-state index contributed by atoms with van der Waals surface area (Å²) in [7, 11) is -4.46. The molecule has 0 atom stereocenters. The zero-order valence-corrected chi connectivity index (χ0v) is 11.3. The van der Waals surface area contributed by atoms with Crippen LogP contribution in [0.3, 0.4) is 0 Å². The molecule has 13 heavy (non-hydrogen) atoms. The molecule has 0 amide bonds. The Morgan fingerprint density at radius 3 is 2.23 bits per heavy atom. The van der Waals surface area contributed by atoms with Gasteiger partial charge in [0.25, 0.3) is 0 Å². The molecule has 0 fully saturated rings. The van der Waals surface area contributed by atoms with Crippen molar-refractivity contribution in [3.05, 3.63) is 23.8 Å². The van der Waals surface area contributed by atoms with Crippen LogP contribution in [0.5, 0.6) is 5.75 Å². The second kappa shape index (κ2) is 4.88. The van der Waals surface area contributed by atoms with Crippen LogP contribution in [0, 0.1) is 6.92 Å². The molecule has 0 aliphatic heterocycles. The van der Waals surface area contributed by atoms with Crippen LogP contribution < -0.4 is 51.4 Å². The number of hydrogen-bond donors (Lipinski definition) is 1. The molecule has 6 heteroatoms. The van der Waals surface area contributed by atoms with Crippen LogP contribution in [0.15, 0.2) is 23.1 Å². The van der Waals surface area contributed by atoms with Crippen LogP contribution >= 0.6 is 0 Å². The number of rotatable bonds is 1. The molecule has 0 aliphatic rings. The summed E-state index contributed by atoms with van der Waals surface area (Å²) in [6.07, 6.45) is 0. The average Bonchev–Trinajstić information content (AvgIpc) is 1.82. The van der Waals surface area contributed by atoms with Gasteiger partial charge in [-0.25, -0.2) is 8.42 Å². The maximum atomic E-state index is 10.5. The fraction of sp³-hybridized carbons (Fsp3) is 0.143. The van der Waals surface area contributed by atoms with Crippen molar-refractivity contribution in [3.8, 4) is 5.75 Å². The predicted octanol–water partition coefficient (Wildman–Crippen LogP) is -2.39. The Morgan fingerprint density at radius 1 is 1.31 bits per heavy atom. The summed E-state index contributed by atoms with van der Waals surface area (Å²) in [4.78, 5) is -0.403. The molecule has 0 spiro atoms. The predicted molar refractivity (Wildman–Crippen MR) is 40.8 cm³/mol. The molecule has 1 N–H and O–H groups in total. The molecule has 4 nitrogen and oxygen atoms in total. The Balaban J connectivity index is 0.00000144. The number of aryl methyl sites for hydroxylation is 1. The van der Waals surface area contributed by atoms with E-state index in [4.69, 9.17) is 5.11 Å². The molecule has 66 valence electrons. The van der Waals surface area contributed by atoms with Crippen molar-refractivity contribution in [3.63, 3.8) is 0 Å². The molecule has 1 rings (SSSR count). The molecule has 0 saturated heterocycles. The van der Waals surface area contributed by atoms with E-state index in [1.807, 2.05) is 0 Å². The topological polar surface area (TPSA) is 77.4 Å². The van der Waals surface area contributed by atoms with Crippen LogP contribution in [-0.4, -0.2) is 18.1 Å². The number of hydrogen-bond acceptors (Lipinski definition) is 4. The van der Waals surface area contributed by atoms with E-state index in [-0.39, 0.29) is 57.1 Å². The standard InChI is InChI=1S/C7H8O4S.K/c1-5-2-6(8)4-7(3-5)12(9,10)11;/h2-4,8H,1H3,(H,9,10,11);/q;+1/p-1. The van der Waals surface area contributed by atoms with E-state index in [1.54, 1.807) is 6.92 Å². The fourth-order valence-electron chi connectivity index (χ4n) is 0.873. The Morgan fingerprint density at radius 2 is 1.85 bits per heavy atom. The zero-order chi connectivity index (χ0) is 9.35. The van der Waals surface area contributed by atoms with Crippen molar-refractivity contribution in [1.82, 2.24) is 0 Å². The SMILES string of the molecule is Cc1cc(O)cc(S(=O)(=O)[O-])c1.[K+]. The molecule has 0 unspecified atom stereocenters. The minimum absolute atomic E-state index is 0. The van der Waals surface area contributed by atoms with Gasteiger partial charge < -0.3 is 9.66 Å². The molecule has 0 bridgehead atoms. The number of phenolic OH excluding ortho intramolecular Hbond substituents is 1. The second-order valence-corrected chi connectivity index (χ2v) is 3.84. The first-order valence-electron chi connectivity index (χ1n) is 3.16. The minimum Gasteiger partial charge on any atom is -0.744 e. The maximum absolute atomic E-state index is 10.5. The van der Waals surface area contributed by atoms with E-state index in [2.05, 4.69) is 0 Å². The summed E-state index contributed by atoms with van der Waals surface area (Å²) < 4.78 is 31.4. The summed E-state index contributed by atoms with van der Waals surface area (Å²) in [6, 6.07) is 3.51. The van der Waals surface area contributed by atoms with E-state index in [0.29, 0.717) is 5.56 Å². The van der Waals surface area contributed by atoms with Crippen LogP contribution in [-0.2, 0) is 10.1 Å². The molecule has 1 aromatic rings. The van der Waals surface area contributed by atoms with Crippen LogP contribution in [0.4, 0.5) is 0 Å². The van der Waals surface area contributed by atoms with E-state index in [9.17, 15) is 13.0 Å². The normalized spacial score (nSPS) is 10.6. The van der Waals surface area contributed by atoms with Crippen molar-refractivity contribution < 1.29 is 69.5 Å². The number of benzene rings is 1. The van der Waals surface area contributed by atoms with E-state index in [1.165, 1.54) is 12.1 Å². The molecule has 0 aromatic heterocycles. The molecule has 0 saturated carbocycles. The van der Waals surface area contributed by atoms with Crippen molar-refractivity contribution in [2.75, 3.05) is 0 Å². The summed E-state index contributed by atoms with van der Waals surface area (Å²) in [6.45, 7) is 1.59. The number of phenols is 1. The maximum Gasteiger partial charge on any atom is 1.00 e. The first-order valence-corrected chi connectivity index (χ1v) is 4.57. The third-order valence-electron chi connectivity index (χ3n) is 1.32. The molecule has 0 radical (unpaired) electrons. The quantitative estimate of drug-likeness (QED) is 0.428. The molecule has 1 aromatic carbocycles. The van der Waals surface area contributed by atoms with Crippen molar-refractivity contribution in [2.45, 2.75) is 11.8 Å². The van der Waals surface area contributed by atoms with Gasteiger partial charge in [-0.3, -0.25) is 0 Å². The largest absolute Gasteiger partial charge is 1.00 e. The minimum atomic E-state index is -4.46. The third-order valence-corrected chi connectivity index (χ3v) is 2.14. The first-order chi connectivity index (χ1) is 5.39. The van der Waals surface area contributed by atoms with Crippen LogP contribution in [0.2, 0.25) is 0 Å². The van der Waals surface area contributed by atoms with Gasteiger partial charge in [0.2, 0.25) is 0 Å². The third kappa shape index (κ3) is 4.07.